The molecule has 1 aromatic heterocycles. The summed E-state index contributed by atoms with van der Waals surface area (Å²) in [6.07, 6.45) is 0. The number of hydrogen-bond donors (Lipinski definition) is 2. The number of nitrogens with zero attached hydrogens (tertiary/aromatic N) is 1. The van der Waals surface area contributed by atoms with Gasteiger partial charge in [0.2, 0.25) is 10.0 Å². The molecule has 0 saturated heterocycles. The van der Waals surface area contributed by atoms with Crippen LogP contribution in [0.5, 0.6) is 0 Å². The molecule has 0 unspecified atom stereocenters. The van der Waals surface area contributed by atoms with Crippen molar-refractivity contribution >= 4 is 20.9 Å². The lowest BCUT2D eigenvalue weighted by Crippen LogP contribution is -2.14. The van der Waals surface area contributed by atoms with Crippen molar-refractivity contribution in [2.75, 3.05) is 0 Å². The lowest BCUT2D eigenvalue weighted by atomic mass is 10.1. The number of nitrogens with two attached hydrogens (primary N) is 1. The Morgan fingerprint density at radius 3 is 2.41 bits per heavy atom. The second-order valence-electron chi connectivity index (χ2n) is 4.94. The quantitative estimate of drug-likeness (QED) is 0.761. The van der Waals surface area contributed by atoms with Crippen LogP contribution in [0.2, 0.25) is 0 Å². The van der Waals surface area contributed by atoms with E-state index in [1.54, 1.807) is 42.5 Å². The van der Waals surface area contributed by atoms with Gasteiger partial charge in [0.25, 0.3) is 5.56 Å². The number of sulfonamides is 1. The molecule has 0 fully saturated rings. The summed E-state index contributed by atoms with van der Waals surface area (Å²) in [4.78, 5) is 19.2. The molecular formula is C15H13N3O3S. The van der Waals surface area contributed by atoms with Gasteiger partial charge in [-0.1, -0.05) is 36.4 Å². The summed E-state index contributed by atoms with van der Waals surface area (Å²) in [6.45, 7) is 0. The van der Waals surface area contributed by atoms with Crippen LogP contribution in [0, 0.1) is 0 Å². The van der Waals surface area contributed by atoms with E-state index >= 15 is 0 Å². The SMILES string of the molecule is NS(=O)(=O)Cc1ccc(-c2nc3ccccc3c(=O)[nH]2)cc1. The van der Waals surface area contributed by atoms with E-state index in [2.05, 4.69) is 9.97 Å². The minimum Gasteiger partial charge on any atom is -0.306 e. The van der Waals surface area contributed by atoms with E-state index in [-0.39, 0.29) is 11.3 Å². The number of fused-ring (bicyclic) bond motifs is 1. The molecular weight excluding hydrogens is 302 g/mol. The highest BCUT2D eigenvalue weighted by atomic mass is 32.2. The number of para-hydroxylation sites is 1. The van der Waals surface area contributed by atoms with Crippen molar-refractivity contribution in [1.82, 2.24) is 9.97 Å². The van der Waals surface area contributed by atoms with Crippen LogP contribution < -0.4 is 10.7 Å². The predicted octanol–water partition coefficient (Wildman–Crippen LogP) is 1.38. The molecule has 0 aliphatic heterocycles. The molecule has 2 aromatic carbocycles. The maximum absolute atomic E-state index is 12.0. The van der Waals surface area contributed by atoms with Crippen molar-refractivity contribution in [1.29, 1.82) is 0 Å². The topological polar surface area (TPSA) is 106 Å². The van der Waals surface area contributed by atoms with Gasteiger partial charge in [0.05, 0.1) is 16.7 Å². The second-order valence-corrected chi connectivity index (χ2v) is 6.55. The van der Waals surface area contributed by atoms with E-state index in [1.807, 2.05) is 6.07 Å². The fourth-order valence-electron chi connectivity index (χ4n) is 2.21. The maximum Gasteiger partial charge on any atom is 0.259 e. The first kappa shape index (κ1) is 14.4. The third kappa shape index (κ3) is 3.05. The third-order valence-electron chi connectivity index (χ3n) is 3.21. The lowest BCUT2D eigenvalue weighted by molar-refractivity contribution is 0.597. The van der Waals surface area contributed by atoms with E-state index in [0.29, 0.717) is 27.9 Å². The van der Waals surface area contributed by atoms with E-state index < -0.39 is 10.0 Å². The Bertz CT molecular complexity index is 992. The largest absolute Gasteiger partial charge is 0.306 e. The first-order chi connectivity index (χ1) is 10.4. The zero-order valence-electron chi connectivity index (χ0n) is 11.5. The van der Waals surface area contributed by atoms with Crippen LogP contribution in [0.25, 0.3) is 22.3 Å². The summed E-state index contributed by atoms with van der Waals surface area (Å²) < 4.78 is 22.1. The van der Waals surface area contributed by atoms with E-state index in [9.17, 15) is 13.2 Å². The Kier molecular flexibility index (Phi) is 3.51. The highest BCUT2D eigenvalue weighted by Gasteiger charge is 2.08. The second kappa shape index (κ2) is 5.36. The molecule has 3 aromatic rings. The first-order valence-electron chi connectivity index (χ1n) is 6.51. The highest BCUT2D eigenvalue weighted by molar-refractivity contribution is 7.88. The normalized spacial score (nSPS) is 11.7. The van der Waals surface area contributed by atoms with Crippen LogP contribution >= 0.6 is 0 Å². The summed E-state index contributed by atoms with van der Waals surface area (Å²) in [7, 11) is -3.56. The molecule has 0 amide bonds. The standard InChI is InChI=1S/C15H13N3O3S/c16-22(20,21)9-10-5-7-11(8-6-10)14-17-13-4-2-1-3-12(13)15(19)18-14/h1-8H,9H2,(H2,16,20,21)(H,17,18,19). The van der Waals surface area contributed by atoms with Gasteiger partial charge in [0, 0.05) is 5.56 Å². The van der Waals surface area contributed by atoms with Crippen LogP contribution in [-0.2, 0) is 15.8 Å². The number of benzene rings is 2. The highest BCUT2D eigenvalue weighted by Crippen LogP contribution is 2.17. The molecule has 0 spiro atoms. The lowest BCUT2D eigenvalue weighted by Gasteiger charge is -2.04. The molecule has 1 heterocycles. The van der Waals surface area contributed by atoms with E-state index in [4.69, 9.17) is 5.14 Å². The Labute approximate surface area is 126 Å². The molecule has 0 bridgehead atoms. The van der Waals surface area contributed by atoms with Gasteiger partial charge in [-0.25, -0.2) is 18.5 Å². The molecule has 7 heteroatoms. The van der Waals surface area contributed by atoms with E-state index in [1.165, 1.54) is 0 Å². The van der Waals surface area contributed by atoms with Crippen LogP contribution in [0.1, 0.15) is 5.56 Å². The average Bonchev–Trinajstić information content (AvgIpc) is 2.46. The van der Waals surface area contributed by atoms with Gasteiger partial charge in [-0.3, -0.25) is 4.79 Å². The summed E-state index contributed by atoms with van der Waals surface area (Å²) >= 11 is 0. The number of rotatable bonds is 3. The Hall–Kier alpha value is -2.51. The maximum atomic E-state index is 12.0. The number of hydrogen-bond acceptors (Lipinski definition) is 4. The molecule has 0 saturated carbocycles. The molecule has 0 aliphatic rings. The molecule has 22 heavy (non-hydrogen) atoms. The van der Waals surface area contributed by atoms with Gasteiger partial charge in [0.1, 0.15) is 5.82 Å². The number of primary sulfonamides is 1. The minimum absolute atomic E-state index is 0.214. The van der Waals surface area contributed by atoms with Crippen LogP contribution in [0.4, 0.5) is 0 Å². The van der Waals surface area contributed by atoms with Crippen molar-refractivity contribution in [2.45, 2.75) is 5.75 Å². The molecule has 112 valence electrons. The van der Waals surface area contributed by atoms with Crippen LogP contribution in [0.3, 0.4) is 0 Å². The molecule has 6 nitrogen and oxygen atoms in total. The van der Waals surface area contributed by atoms with E-state index in [0.717, 1.165) is 0 Å². The van der Waals surface area contributed by atoms with Crippen molar-refractivity contribution < 1.29 is 8.42 Å². The van der Waals surface area contributed by atoms with Gasteiger partial charge < -0.3 is 4.98 Å². The van der Waals surface area contributed by atoms with Crippen molar-refractivity contribution in [3.63, 3.8) is 0 Å². The van der Waals surface area contributed by atoms with Crippen molar-refractivity contribution in [3.8, 4) is 11.4 Å². The average molecular weight is 315 g/mol. The summed E-state index contributed by atoms with van der Waals surface area (Å²) in [6, 6.07) is 13.8. The minimum atomic E-state index is -3.56. The predicted molar refractivity (Wildman–Crippen MR) is 84.6 cm³/mol. The Balaban J connectivity index is 2.03. The fraction of sp³-hybridized carbons (Fsp3) is 0.0667. The Morgan fingerprint density at radius 1 is 1.05 bits per heavy atom. The number of aromatic amines is 1. The summed E-state index contributed by atoms with van der Waals surface area (Å²) in [5.74, 6) is 0.209. The molecule has 3 rings (SSSR count). The van der Waals surface area contributed by atoms with Gasteiger partial charge in [-0.2, -0.15) is 0 Å². The first-order valence-corrected chi connectivity index (χ1v) is 8.23. The number of H-pyrrole nitrogens is 1. The molecule has 0 atom stereocenters. The third-order valence-corrected chi connectivity index (χ3v) is 3.94. The number of aromatic nitrogens is 2. The molecule has 0 radical (unpaired) electrons. The van der Waals surface area contributed by atoms with Crippen LogP contribution in [0.15, 0.2) is 53.3 Å². The Morgan fingerprint density at radius 2 is 1.73 bits per heavy atom. The molecule has 3 N–H and O–H groups in total. The monoisotopic (exact) mass is 315 g/mol. The van der Waals surface area contributed by atoms with Gasteiger partial charge in [-0.15, -0.1) is 0 Å². The summed E-state index contributed by atoms with van der Waals surface area (Å²) in [5.41, 5.74) is 1.67. The zero-order valence-corrected chi connectivity index (χ0v) is 12.3. The summed E-state index contributed by atoms with van der Waals surface area (Å²) in [5, 5.41) is 5.54. The fourth-order valence-corrected chi connectivity index (χ4v) is 2.87. The van der Waals surface area contributed by atoms with Gasteiger partial charge in [0.15, 0.2) is 0 Å². The van der Waals surface area contributed by atoms with Gasteiger partial charge in [-0.05, 0) is 17.7 Å². The van der Waals surface area contributed by atoms with Crippen LogP contribution in [-0.4, -0.2) is 18.4 Å². The zero-order chi connectivity index (χ0) is 15.7. The smallest absolute Gasteiger partial charge is 0.259 e. The van der Waals surface area contributed by atoms with Gasteiger partial charge >= 0.3 is 0 Å². The van der Waals surface area contributed by atoms with Crippen molar-refractivity contribution in [2.24, 2.45) is 5.14 Å². The van der Waals surface area contributed by atoms with Crippen molar-refractivity contribution in [3.05, 3.63) is 64.4 Å². The molecule has 0 aliphatic carbocycles. The number of nitrogens with one attached hydrogen (secondary N) is 1.